The van der Waals surface area contributed by atoms with E-state index in [9.17, 15) is 14.4 Å². The van der Waals surface area contributed by atoms with Gasteiger partial charge in [-0.1, -0.05) is 0 Å². The van der Waals surface area contributed by atoms with E-state index in [-0.39, 0.29) is 0 Å². The van der Waals surface area contributed by atoms with E-state index in [0.717, 1.165) is 0 Å². The van der Waals surface area contributed by atoms with Crippen LogP contribution in [-0.2, 0) is 0 Å². The Hall–Kier alpha value is -2.63. The Morgan fingerprint density at radius 3 is 2.47 bits per heavy atom. The van der Waals surface area contributed by atoms with Gasteiger partial charge in [-0.05, 0) is 18.2 Å². The van der Waals surface area contributed by atoms with E-state index in [4.69, 9.17) is 4.42 Å². The van der Waals surface area contributed by atoms with Crippen molar-refractivity contribution in [3.63, 3.8) is 0 Å². The number of rotatable bonds is 0. The van der Waals surface area contributed by atoms with Crippen LogP contribution >= 0.6 is 0 Å². The van der Waals surface area contributed by atoms with Crippen LogP contribution in [0.4, 0.5) is 0 Å². The Labute approximate surface area is 92.5 Å². The maximum atomic E-state index is 11.3. The average Bonchev–Trinajstić information content (AvgIpc) is 2.30. The molecule has 0 spiro atoms. The van der Waals surface area contributed by atoms with Crippen LogP contribution in [0.5, 0.6) is 0 Å². The van der Waals surface area contributed by atoms with Crippen LogP contribution in [-0.4, -0.2) is 9.97 Å². The molecule has 0 bridgehead atoms. The normalized spacial score (nSPS) is 11.1. The monoisotopic (exact) mass is 230 g/mol. The van der Waals surface area contributed by atoms with Gasteiger partial charge in [0, 0.05) is 11.5 Å². The lowest BCUT2D eigenvalue weighted by atomic mass is 10.2. The summed E-state index contributed by atoms with van der Waals surface area (Å²) in [7, 11) is 0. The quantitative estimate of drug-likeness (QED) is 0.330. The fourth-order valence-electron chi connectivity index (χ4n) is 1.74. The van der Waals surface area contributed by atoms with Gasteiger partial charge in [-0.3, -0.25) is 9.59 Å². The second kappa shape index (κ2) is 3.18. The molecule has 17 heavy (non-hydrogen) atoms. The number of fused-ring (bicyclic) bond motifs is 3. The van der Waals surface area contributed by atoms with Crippen molar-refractivity contribution in [3.8, 4) is 0 Å². The van der Waals surface area contributed by atoms with Gasteiger partial charge in [0.1, 0.15) is 5.58 Å². The summed E-state index contributed by atoms with van der Waals surface area (Å²) in [4.78, 5) is 38.4. The Morgan fingerprint density at radius 2 is 1.65 bits per heavy atom. The predicted molar refractivity (Wildman–Crippen MR) is 61.2 cm³/mol. The third kappa shape index (κ3) is 1.38. The van der Waals surface area contributed by atoms with E-state index in [1.807, 2.05) is 0 Å². The minimum atomic E-state index is -0.740. The molecule has 0 unspecified atom stereocenters. The fraction of sp³-hybridized carbons (Fsp3) is 0. The molecule has 0 atom stereocenters. The largest absolute Gasteiger partial charge is 0.423 e. The molecular formula is C11H6N2O4. The SMILES string of the molecule is O=c1ccc2c(ccc3[nH]c(=O)c(=O)[nH]c32)o1. The third-order valence-electron chi connectivity index (χ3n) is 2.50. The predicted octanol–water partition coefficient (Wildman–Crippen LogP) is 0.323. The van der Waals surface area contributed by atoms with Crippen molar-refractivity contribution >= 4 is 22.0 Å². The molecule has 2 N–H and O–H groups in total. The maximum absolute atomic E-state index is 11.3. The summed E-state index contributed by atoms with van der Waals surface area (Å²) in [6.07, 6.45) is 0. The standard InChI is InChI=1S/C11H6N2O4/c14-8-4-1-5-7(17-8)3-2-6-9(5)13-11(16)10(15)12-6/h1-4H,(H,12,15)(H,13,16). The van der Waals surface area contributed by atoms with Crippen molar-refractivity contribution in [2.24, 2.45) is 0 Å². The van der Waals surface area contributed by atoms with Crippen LogP contribution in [0.2, 0.25) is 0 Å². The number of hydrogen-bond acceptors (Lipinski definition) is 4. The van der Waals surface area contributed by atoms with Gasteiger partial charge in [-0.15, -0.1) is 0 Å². The van der Waals surface area contributed by atoms with Crippen molar-refractivity contribution < 1.29 is 4.42 Å². The van der Waals surface area contributed by atoms with Crippen molar-refractivity contribution in [1.82, 2.24) is 9.97 Å². The number of H-pyrrole nitrogens is 2. The van der Waals surface area contributed by atoms with Gasteiger partial charge >= 0.3 is 16.7 Å². The zero-order valence-electron chi connectivity index (χ0n) is 8.44. The molecule has 84 valence electrons. The lowest BCUT2D eigenvalue weighted by molar-refractivity contribution is 0.561. The van der Waals surface area contributed by atoms with Gasteiger partial charge in [0.25, 0.3) is 0 Å². The number of benzene rings is 1. The smallest absolute Gasteiger partial charge is 0.336 e. The zero-order chi connectivity index (χ0) is 12.0. The van der Waals surface area contributed by atoms with Crippen LogP contribution in [0.15, 0.2) is 43.1 Å². The maximum Gasteiger partial charge on any atom is 0.336 e. The van der Waals surface area contributed by atoms with E-state index in [0.29, 0.717) is 22.0 Å². The Kier molecular flexibility index (Phi) is 1.79. The van der Waals surface area contributed by atoms with Gasteiger partial charge in [-0.2, -0.15) is 0 Å². The molecule has 0 saturated heterocycles. The minimum Gasteiger partial charge on any atom is -0.423 e. The zero-order valence-corrected chi connectivity index (χ0v) is 8.44. The highest BCUT2D eigenvalue weighted by Crippen LogP contribution is 2.19. The molecule has 2 heterocycles. The lowest BCUT2D eigenvalue weighted by Crippen LogP contribution is -2.28. The Morgan fingerprint density at radius 1 is 0.882 bits per heavy atom. The van der Waals surface area contributed by atoms with E-state index < -0.39 is 16.7 Å². The first-order chi connectivity index (χ1) is 8.15. The molecule has 0 fully saturated rings. The first kappa shape index (κ1) is 9.59. The van der Waals surface area contributed by atoms with E-state index in [1.54, 1.807) is 12.1 Å². The molecule has 0 amide bonds. The molecule has 2 aromatic heterocycles. The molecule has 0 saturated carbocycles. The summed E-state index contributed by atoms with van der Waals surface area (Å²) in [5.41, 5.74) is -0.645. The highest BCUT2D eigenvalue weighted by molar-refractivity contribution is 6.00. The summed E-state index contributed by atoms with van der Waals surface area (Å²) < 4.78 is 4.97. The summed E-state index contributed by atoms with van der Waals surface area (Å²) in [6, 6.07) is 5.92. The summed E-state index contributed by atoms with van der Waals surface area (Å²) >= 11 is 0. The number of hydrogen-bond donors (Lipinski definition) is 2. The molecule has 0 aliphatic carbocycles. The molecule has 6 heteroatoms. The van der Waals surface area contributed by atoms with Gasteiger partial charge in [0.2, 0.25) is 0 Å². The summed E-state index contributed by atoms with van der Waals surface area (Å²) in [5.74, 6) is 0. The van der Waals surface area contributed by atoms with Gasteiger partial charge < -0.3 is 14.4 Å². The molecular weight excluding hydrogens is 224 g/mol. The minimum absolute atomic E-state index is 0.354. The average molecular weight is 230 g/mol. The highest BCUT2D eigenvalue weighted by Gasteiger charge is 2.05. The van der Waals surface area contributed by atoms with Crippen molar-refractivity contribution in [1.29, 1.82) is 0 Å². The van der Waals surface area contributed by atoms with Crippen LogP contribution in [0.25, 0.3) is 22.0 Å². The van der Waals surface area contributed by atoms with Crippen LogP contribution in [0.1, 0.15) is 0 Å². The van der Waals surface area contributed by atoms with E-state index >= 15 is 0 Å². The molecule has 3 rings (SSSR count). The Bertz CT molecular complexity index is 901. The second-order valence-electron chi connectivity index (χ2n) is 3.56. The van der Waals surface area contributed by atoms with Crippen LogP contribution in [0.3, 0.4) is 0 Å². The molecule has 0 aliphatic heterocycles. The molecule has 0 aliphatic rings. The summed E-state index contributed by atoms with van der Waals surface area (Å²) in [6.45, 7) is 0. The number of aromatic nitrogens is 2. The molecule has 1 aromatic carbocycles. The van der Waals surface area contributed by atoms with Crippen LogP contribution in [0, 0.1) is 0 Å². The molecule has 6 nitrogen and oxygen atoms in total. The first-order valence-electron chi connectivity index (χ1n) is 4.84. The van der Waals surface area contributed by atoms with Gasteiger partial charge in [-0.25, -0.2) is 4.79 Å². The number of aromatic amines is 2. The summed E-state index contributed by atoms with van der Waals surface area (Å²) in [5, 5.41) is 0.565. The molecule has 3 aromatic rings. The fourth-order valence-corrected chi connectivity index (χ4v) is 1.74. The van der Waals surface area contributed by atoms with Crippen molar-refractivity contribution in [2.45, 2.75) is 0 Å². The molecule has 0 radical (unpaired) electrons. The van der Waals surface area contributed by atoms with Gasteiger partial charge in [0.15, 0.2) is 0 Å². The van der Waals surface area contributed by atoms with E-state index in [1.165, 1.54) is 12.1 Å². The second-order valence-corrected chi connectivity index (χ2v) is 3.56. The topological polar surface area (TPSA) is 95.9 Å². The van der Waals surface area contributed by atoms with E-state index in [2.05, 4.69) is 9.97 Å². The van der Waals surface area contributed by atoms with Gasteiger partial charge in [0.05, 0.1) is 11.0 Å². The Balaban J connectivity index is 2.64. The lowest BCUT2D eigenvalue weighted by Gasteiger charge is -2.00. The third-order valence-corrected chi connectivity index (χ3v) is 2.50. The first-order valence-corrected chi connectivity index (χ1v) is 4.84. The van der Waals surface area contributed by atoms with Crippen molar-refractivity contribution in [2.75, 3.05) is 0 Å². The van der Waals surface area contributed by atoms with Crippen molar-refractivity contribution in [3.05, 3.63) is 55.4 Å². The highest BCUT2D eigenvalue weighted by atomic mass is 16.4. The van der Waals surface area contributed by atoms with Crippen LogP contribution < -0.4 is 16.7 Å². The number of nitrogens with one attached hydrogen (secondary N) is 2.